The summed E-state index contributed by atoms with van der Waals surface area (Å²) in [6.07, 6.45) is 0. The van der Waals surface area contributed by atoms with Crippen molar-refractivity contribution in [1.82, 2.24) is 0 Å². The first-order valence-corrected chi connectivity index (χ1v) is 12.0. The molecule has 4 rings (SSSR count). The minimum absolute atomic E-state index is 0.0808. The molecule has 0 aliphatic heterocycles. The molecule has 0 aromatic heterocycles. The number of halogens is 3. The smallest absolute Gasteiger partial charge is 0.0789 e. The highest BCUT2D eigenvalue weighted by Gasteiger charge is 2.20. The molecule has 0 unspecified atom stereocenters. The highest BCUT2D eigenvalue weighted by atomic mass is 79.9. The predicted molar refractivity (Wildman–Crippen MR) is 143 cm³/mol. The molecule has 0 N–H and O–H groups in total. The lowest BCUT2D eigenvalue weighted by molar-refractivity contribution is 0.590. The van der Waals surface area contributed by atoms with E-state index in [0.717, 1.165) is 27.1 Å². The van der Waals surface area contributed by atoms with Crippen molar-refractivity contribution in [3.63, 3.8) is 0 Å². The molecular weight excluding hydrogens is 501 g/mol. The van der Waals surface area contributed by atoms with E-state index in [-0.39, 0.29) is 5.41 Å². The van der Waals surface area contributed by atoms with E-state index in [9.17, 15) is 0 Å². The largest absolute Gasteiger partial charge is 0.309 e. The summed E-state index contributed by atoms with van der Waals surface area (Å²) in [4.78, 5) is 2.14. The zero-order valence-corrected chi connectivity index (χ0v) is 21.3. The van der Waals surface area contributed by atoms with Crippen molar-refractivity contribution in [2.75, 3.05) is 4.90 Å². The van der Waals surface area contributed by atoms with E-state index >= 15 is 0 Å². The lowest BCUT2D eigenvalue weighted by atomic mass is 9.87. The average molecular weight is 525 g/mol. The lowest BCUT2D eigenvalue weighted by Crippen LogP contribution is -2.13. The first-order chi connectivity index (χ1) is 15.2. The molecular formula is C28H24BrCl2N. The van der Waals surface area contributed by atoms with Crippen LogP contribution in [-0.4, -0.2) is 0 Å². The van der Waals surface area contributed by atoms with E-state index in [0.29, 0.717) is 10.0 Å². The van der Waals surface area contributed by atoms with Crippen LogP contribution < -0.4 is 4.90 Å². The Morgan fingerprint density at radius 2 is 1.22 bits per heavy atom. The Balaban J connectivity index is 1.83. The maximum Gasteiger partial charge on any atom is 0.0789 e. The Bertz CT molecular complexity index is 1210. The fourth-order valence-corrected chi connectivity index (χ4v) is 4.66. The van der Waals surface area contributed by atoms with Crippen LogP contribution >= 0.6 is 39.1 Å². The van der Waals surface area contributed by atoms with Crippen molar-refractivity contribution in [3.05, 3.63) is 111 Å². The van der Waals surface area contributed by atoms with Crippen LogP contribution in [0.1, 0.15) is 26.3 Å². The summed E-state index contributed by atoms with van der Waals surface area (Å²) < 4.78 is 0.763. The molecule has 0 heterocycles. The van der Waals surface area contributed by atoms with E-state index in [1.807, 2.05) is 18.2 Å². The molecule has 0 aliphatic carbocycles. The van der Waals surface area contributed by atoms with Gasteiger partial charge in [-0.25, -0.2) is 0 Å². The van der Waals surface area contributed by atoms with Gasteiger partial charge in [0.05, 0.1) is 10.7 Å². The summed E-state index contributed by atoms with van der Waals surface area (Å²) >= 11 is 16.7. The minimum Gasteiger partial charge on any atom is -0.309 e. The Kier molecular flexibility index (Phi) is 6.67. The standard InChI is InChI=1S/C28H24BrCl2N/c1-28(2,3)21-11-15-24(16-12-21)32(26-18-22(30)17-25(29)27(26)31)23-13-9-20(10-14-23)19-7-5-4-6-8-19/h4-18H,1-3H3. The highest BCUT2D eigenvalue weighted by molar-refractivity contribution is 9.10. The van der Waals surface area contributed by atoms with Gasteiger partial charge in [0.15, 0.2) is 0 Å². The molecule has 0 saturated heterocycles. The van der Waals surface area contributed by atoms with Gasteiger partial charge in [0.25, 0.3) is 0 Å². The SMILES string of the molecule is CC(C)(C)c1ccc(N(c2ccc(-c3ccccc3)cc2)c2cc(Cl)cc(Br)c2Cl)cc1. The van der Waals surface area contributed by atoms with Gasteiger partial charge in [0, 0.05) is 20.9 Å². The van der Waals surface area contributed by atoms with Crippen molar-refractivity contribution in [2.24, 2.45) is 0 Å². The van der Waals surface area contributed by atoms with Gasteiger partial charge < -0.3 is 4.90 Å². The van der Waals surface area contributed by atoms with Gasteiger partial charge in [-0.15, -0.1) is 0 Å². The van der Waals surface area contributed by atoms with Crippen LogP contribution in [0.5, 0.6) is 0 Å². The third kappa shape index (κ3) is 4.88. The summed E-state index contributed by atoms with van der Waals surface area (Å²) in [7, 11) is 0. The van der Waals surface area contributed by atoms with E-state index < -0.39 is 0 Å². The number of hydrogen-bond donors (Lipinski definition) is 0. The van der Waals surface area contributed by atoms with Crippen LogP contribution in [0.3, 0.4) is 0 Å². The topological polar surface area (TPSA) is 3.24 Å². The van der Waals surface area contributed by atoms with Crippen LogP contribution in [0.2, 0.25) is 10.0 Å². The van der Waals surface area contributed by atoms with Crippen LogP contribution in [0.15, 0.2) is 95.5 Å². The molecule has 0 radical (unpaired) electrons. The van der Waals surface area contributed by atoms with Crippen LogP contribution in [-0.2, 0) is 5.41 Å². The van der Waals surface area contributed by atoms with Gasteiger partial charge in [-0.3, -0.25) is 0 Å². The molecule has 4 heteroatoms. The van der Waals surface area contributed by atoms with Gasteiger partial charge >= 0.3 is 0 Å². The molecule has 4 aromatic carbocycles. The van der Waals surface area contributed by atoms with E-state index in [1.54, 1.807) is 0 Å². The third-order valence-electron chi connectivity index (χ3n) is 5.44. The van der Waals surface area contributed by atoms with E-state index in [1.165, 1.54) is 11.1 Å². The van der Waals surface area contributed by atoms with Crippen molar-refractivity contribution in [3.8, 4) is 11.1 Å². The maximum absolute atomic E-state index is 6.74. The summed E-state index contributed by atoms with van der Waals surface area (Å²) in [6.45, 7) is 6.65. The van der Waals surface area contributed by atoms with Crippen molar-refractivity contribution in [2.45, 2.75) is 26.2 Å². The fourth-order valence-electron chi connectivity index (χ4n) is 3.68. The van der Waals surface area contributed by atoms with Gasteiger partial charge in [0.1, 0.15) is 0 Å². The molecule has 0 amide bonds. The molecule has 1 nitrogen and oxygen atoms in total. The summed E-state index contributed by atoms with van der Waals surface area (Å²) in [5.41, 5.74) is 6.54. The van der Waals surface area contributed by atoms with Crippen LogP contribution in [0.4, 0.5) is 17.1 Å². The molecule has 32 heavy (non-hydrogen) atoms. The van der Waals surface area contributed by atoms with Gasteiger partial charge in [-0.05, 0) is 74.4 Å². The quantitative estimate of drug-likeness (QED) is 0.240. The van der Waals surface area contributed by atoms with Crippen molar-refractivity contribution in [1.29, 1.82) is 0 Å². The number of rotatable bonds is 4. The van der Waals surface area contributed by atoms with E-state index in [2.05, 4.69) is 114 Å². The number of anilines is 3. The molecule has 0 aliphatic rings. The zero-order valence-electron chi connectivity index (χ0n) is 18.2. The highest BCUT2D eigenvalue weighted by Crippen LogP contribution is 2.44. The molecule has 0 atom stereocenters. The van der Waals surface area contributed by atoms with Crippen LogP contribution in [0.25, 0.3) is 11.1 Å². The van der Waals surface area contributed by atoms with Gasteiger partial charge in [-0.2, -0.15) is 0 Å². The second-order valence-corrected chi connectivity index (χ2v) is 10.4. The molecule has 0 spiro atoms. The second kappa shape index (κ2) is 9.31. The third-order valence-corrected chi connectivity index (χ3v) is 6.91. The summed E-state index contributed by atoms with van der Waals surface area (Å²) in [5.74, 6) is 0. The average Bonchev–Trinajstić information content (AvgIpc) is 2.78. The lowest BCUT2D eigenvalue weighted by Gasteiger charge is -2.28. The fraction of sp³-hybridized carbons (Fsp3) is 0.143. The summed E-state index contributed by atoms with van der Waals surface area (Å²) in [6, 6.07) is 31.2. The molecule has 0 fully saturated rings. The number of benzene rings is 4. The Hall–Kier alpha value is -2.26. The van der Waals surface area contributed by atoms with Crippen LogP contribution in [0, 0.1) is 0 Å². The second-order valence-electron chi connectivity index (χ2n) is 8.77. The zero-order chi connectivity index (χ0) is 22.9. The number of nitrogens with zero attached hydrogens (tertiary/aromatic N) is 1. The molecule has 0 bridgehead atoms. The molecule has 4 aromatic rings. The first kappa shape index (κ1) is 22.9. The van der Waals surface area contributed by atoms with E-state index in [4.69, 9.17) is 23.2 Å². The maximum atomic E-state index is 6.74. The normalized spacial score (nSPS) is 11.4. The minimum atomic E-state index is 0.0808. The molecule has 162 valence electrons. The Morgan fingerprint density at radius 1 is 0.688 bits per heavy atom. The molecule has 0 saturated carbocycles. The summed E-state index contributed by atoms with van der Waals surface area (Å²) in [5, 5.41) is 1.23. The van der Waals surface area contributed by atoms with Crippen molar-refractivity contribution >= 4 is 56.2 Å². The Morgan fingerprint density at radius 3 is 1.78 bits per heavy atom. The first-order valence-electron chi connectivity index (χ1n) is 10.4. The van der Waals surface area contributed by atoms with Crippen molar-refractivity contribution < 1.29 is 0 Å². The number of hydrogen-bond acceptors (Lipinski definition) is 1. The monoisotopic (exact) mass is 523 g/mol. The predicted octanol–water partition coefficient (Wildman–Crippen LogP) is 10.2. The van der Waals surface area contributed by atoms with Gasteiger partial charge in [-0.1, -0.05) is 98.6 Å². The Labute approximate surface area is 208 Å². The van der Waals surface area contributed by atoms with Gasteiger partial charge in [0.2, 0.25) is 0 Å².